The van der Waals surface area contributed by atoms with Gasteiger partial charge in [-0.25, -0.2) is 17.2 Å². The summed E-state index contributed by atoms with van der Waals surface area (Å²) in [4.78, 5) is 27.9. The number of likely N-dealkylation sites (tertiary alicyclic amines) is 2. The number of rotatable bonds is 9. The average Bonchev–Trinajstić information content (AvgIpc) is 3.11. The van der Waals surface area contributed by atoms with Crippen LogP contribution in [0.5, 0.6) is 5.75 Å². The number of nitrogens with zero attached hydrogens (tertiary/aromatic N) is 2. The normalized spacial score (nSPS) is 17.5. The molecule has 3 aromatic carbocycles. The maximum absolute atomic E-state index is 14.7. The number of piperidine rings is 2. The van der Waals surface area contributed by atoms with Crippen molar-refractivity contribution in [2.45, 2.75) is 66.8 Å². The van der Waals surface area contributed by atoms with E-state index < -0.39 is 67.8 Å². The third kappa shape index (κ3) is 7.46. The van der Waals surface area contributed by atoms with Crippen LogP contribution in [0.4, 0.5) is 35.1 Å². The summed E-state index contributed by atoms with van der Waals surface area (Å²) in [5, 5.41) is 0. The minimum absolute atomic E-state index is 0.123. The van der Waals surface area contributed by atoms with Crippen molar-refractivity contribution >= 4 is 21.7 Å². The molecule has 2 fully saturated rings. The third-order valence-electron chi connectivity index (χ3n) is 10.1. The second kappa shape index (κ2) is 14.9. The number of carbonyl (C=O) groups excluding carboxylic acids is 2. The van der Waals surface area contributed by atoms with Crippen molar-refractivity contribution in [3.8, 4) is 5.75 Å². The van der Waals surface area contributed by atoms with E-state index in [9.17, 15) is 53.1 Å². The summed E-state index contributed by atoms with van der Waals surface area (Å²) in [7, 11) is -3.43. The predicted octanol–water partition coefficient (Wildman–Crippen LogP) is 7.06. The molecule has 0 N–H and O–H groups in total. The van der Waals surface area contributed by atoms with Crippen molar-refractivity contribution in [3.05, 3.63) is 95.1 Å². The molecule has 8 nitrogen and oxygen atoms in total. The SMILES string of the molecule is COc1ccc(F)cc1COC(c1ccc(C2(S(=O)(=O)c3ccc(F)cc3)CCN(C(=O)C3CCN(C(C)=O)CC3)CC2)cc1)(C(F)(F)F)C(F)(F)F. The topological polar surface area (TPSA) is 93.2 Å². The quantitative estimate of drug-likeness (QED) is 0.171. The predicted molar refractivity (Wildman–Crippen MR) is 174 cm³/mol. The Morgan fingerprint density at radius 3 is 1.85 bits per heavy atom. The van der Waals surface area contributed by atoms with Gasteiger partial charge >= 0.3 is 12.4 Å². The zero-order valence-electron chi connectivity index (χ0n) is 28.6. The average molecular weight is 777 g/mol. The fraction of sp³-hybridized carbons (Fsp3) is 0.444. The lowest BCUT2D eigenvalue weighted by Gasteiger charge is -2.43. The first-order chi connectivity index (χ1) is 24.8. The number of benzene rings is 3. The number of carbonyl (C=O) groups is 2. The van der Waals surface area contributed by atoms with Crippen LogP contribution in [-0.4, -0.2) is 75.7 Å². The Morgan fingerprint density at radius 2 is 1.34 bits per heavy atom. The Kier molecular flexibility index (Phi) is 11.2. The van der Waals surface area contributed by atoms with E-state index in [2.05, 4.69) is 4.74 Å². The Balaban J connectivity index is 1.52. The van der Waals surface area contributed by atoms with E-state index in [1.807, 2.05) is 0 Å². The van der Waals surface area contributed by atoms with Gasteiger partial charge in [0, 0.05) is 50.1 Å². The molecule has 0 spiro atoms. The number of alkyl halides is 6. The standard InChI is InChI=1S/C36H36F8N2O6S/c1-23(47)45-17-13-24(14-18-45)32(48)46-19-15-33(16-20-46,53(49,50)30-10-7-28(37)8-11-30)26-3-5-27(6-4-26)34(35(39,40)41,36(42,43)44)52-22-25-21-29(38)9-12-31(25)51-2/h3-12,21,24H,13-20,22H2,1-2H3. The summed E-state index contributed by atoms with van der Waals surface area (Å²) in [5.74, 6) is -2.75. The van der Waals surface area contributed by atoms with E-state index in [0.717, 1.165) is 55.6 Å². The van der Waals surface area contributed by atoms with E-state index in [-0.39, 0.29) is 54.0 Å². The second-order valence-corrected chi connectivity index (χ2v) is 15.3. The number of amides is 2. The number of ether oxygens (including phenoxy) is 2. The molecule has 0 bridgehead atoms. The summed E-state index contributed by atoms with van der Waals surface area (Å²) < 4.78 is 152. The van der Waals surface area contributed by atoms with Crippen molar-refractivity contribution in [3.63, 3.8) is 0 Å². The van der Waals surface area contributed by atoms with Crippen LogP contribution in [0.15, 0.2) is 71.6 Å². The van der Waals surface area contributed by atoms with Crippen LogP contribution in [0, 0.1) is 17.6 Å². The van der Waals surface area contributed by atoms with Crippen molar-refractivity contribution in [2.24, 2.45) is 5.92 Å². The van der Waals surface area contributed by atoms with Crippen LogP contribution in [0.2, 0.25) is 0 Å². The van der Waals surface area contributed by atoms with Crippen molar-refractivity contribution in [1.82, 2.24) is 9.80 Å². The van der Waals surface area contributed by atoms with Crippen molar-refractivity contribution in [2.75, 3.05) is 33.3 Å². The molecule has 0 saturated carbocycles. The molecule has 53 heavy (non-hydrogen) atoms. The number of hydrogen-bond acceptors (Lipinski definition) is 6. The first kappa shape index (κ1) is 39.9. The molecule has 0 atom stereocenters. The van der Waals surface area contributed by atoms with E-state index >= 15 is 0 Å². The molecular weight excluding hydrogens is 740 g/mol. The zero-order chi connectivity index (χ0) is 39.0. The maximum atomic E-state index is 14.7. The molecule has 5 rings (SSSR count). The zero-order valence-corrected chi connectivity index (χ0v) is 29.4. The minimum Gasteiger partial charge on any atom is -0.496 e. The smallest absolute Gasteiger partial charge is 0.430 e. The van der Waals surface area contributed by atoms with Crippen LogP contribution >= 0.6 is 0 Å². The summed E-state index contributed by atoms with van der Waals surface area (Å²) in [5.41, 5.74) is -6.95. The second-order valence-electron chi connectivity index (χ2n) is 13.1. The molecule has 2 heterocycles. The monoisotopic (exact) mass is 776 g/mol. The highest BCUT2D eigenvalue weighted by Crippen LogP contribution is 2.54. The van der Waals surface area contributed by atoms with Gasteiger partial charge in [-0.2, -0.15) is 26.3 Å². The van der Waals surface area contributed by atoms with Gasteiger partial charge in [-0.05, 0) is 73.7 Å². The number of halogens is 8. The van der Waals surface area contributed by atoms with E-state index in [0.29, 0.717) is 44.1 Å². The van der Waals surface area contributed by atoms with Gasteiger partial charge in [-0.3, -0.25) is 9.59 Å². The van der Waals surface area contributed by atoms with E-state index in [1.54, 1.807) is 4.90 Å². The van der Waals surface area contributed by atoms with Gasteiger partial charge in [0.2, 0.25) is 11.8 Å². The van der Waals surface area contributed by atoms with Gasteiger partial charge in [0.1, 0.15) is 22.1 Å². The third-order valence-corrected chi connectivity index (χ3v) is 12.7. The Bertz CT molecular complexity index is 1890. The molecule has 0 aromatic heterocycles. The van der Waals surface area contributed by atoms with Gasteiger partial charge in [0.05, 0.1) is 18.6 Å². The van der Waals surface area contributed by atoms with Gasteiger partial charge < -0.3 is 19.3 Å². The van der Waals surface area contributed by atoms with Gasteiger partial charge in [-0.15, -0.1) is 0 Å². The van der Waals surface area contributed by atoms with E-state index in [4.69, 9.17) is 4.74 Å². The Morgan fingerprint density at radius 1 is 0.792 bits per heavy atom. The fourth-order valence-electron chi connectivity index (χ4n) is 7.13. The highest BCUT2D eigenvalue weighted by molar-refractivity contribution is 7.92. The van der Waals surface area contributed by atoms with Gasteiger partial charge in [-0.1, -0.05) is 24.3 Å². The van der Waals surface area contributed by atoms with Crippen molar-refractivity contribution < 1.29 is 62.6 Å². The lowest BCUT2D eigenvalue weighted by Crippen LogP contribution is -2.56. The molecule has 3 aromatic rings. The highest BCUT2D eigenvalue weighted by Gasteiger charge is 2.73. The minimum atomic E-state index is -6.11. The Hall–Kier alpha value is -4.25. The van der Waals surface area contributed by atoms with Crippen LogP contribution in [-0.2, 0) is 41.1 Å². The lowest BCUT2D eigenvalue weighted by molar-refractivity contribution is -0.392. The molecule has 2 aliphatic rings. The maximum Gasteiger partial charge on any atom is 0.430 e. The van der Waals surface area contributed by atoms with Crippen LogP contribution in [0.1, 0.15) is 49.3 Å². The van der Waals surface area contributed by atoms with E-state index in [1.165, 1.54) is 11.8 Å². The lowest BCUT2D eigenvalue weighted by atomic mass is 9.84. The molecule has 0 unspecified atom stereocenters. The first-order valence-electron chi connectivity index (χ1n) is 16.5. The Labute approximate surface area is 300 Å². The van der Waals surface area contributed by atoms with Gasteiger partial charge in [0.15, 0.2) is 9.84 Å². The van der Waals surface area contributed by atoms with Gasteiger partial charge in [0.25, 0.3) is 5.60 Å². The van der Waals surface area contributed by atoms with Crippen molar-refractivity contribution in [1.29, 1.82) is 0 Å². The molecule has 17 heteroatoms. The summed E-state index contributed by atoms with van der Waals surface area (Å²) in [6.45, 7) is 0.534. The van der Waals surface area contributed by atoms with Crippen LogP contribution < -0.4 is 4.74 Å². The summed E-state index contributed by atoms with van der Waals surface area (Å²) in [6.07, 6.45) is -12.0. The molecule has 0 aliphatic carbocycles. The number of hydrogen-bond donors (Lipinski definition) is 0. The summed E-state index contributed by atoms with van der Waals surface area (Å²) >= 11 is 0. The summed E-state index contributed by atoms with van der Waals surface area (Å²) in [6, 6.07) is 9.09. The molecule has 288 valence electrons. The first-order valence-corrected chi connectivity index (χ1v) is 18.0. The number of methoxy groups -OCH3 is 1. The number of sulfone groups is 1. The van der Waals surface area contributed by atoms with Crippen LogP contribution in [0.3, 0.4) is 0 Å². The molecular formula is C36H36F8N2O6S. The molecule has 0 radical (unpaired) electrons. The highest BCUT2D eigenvalue weighted by atomic mass is 32.2. The van der Waals surface area contributed by atoms with Crippen LogP contribution in [0.25, 0.3) is 0 Å². The largest absolute Gasteiger partial charge is 0.496 e. The fourth-order valence-corrected chi connectivity index (χ4v) is 9.24. The molecule has 2 aliphatic heterocycles. The molecule has 2 saturated heterocycles. The molecule has 2 amide bonds.